The second-order valence-corrected chi connectivity index (χ2v) is 4.27. The molecule has 1 aliphatic heterocycles. The van der Waals surface area contributed by atoms with Crippen LogP contribution in [0.1, 0.15) is 11.1 Å². The molecule has 1 fully saturated rings. The number of hydrogen-bond acceptors (Lipinski definition) is 3. The van der Waals surface area contributed by atoms with E-state index in [0.29, 0.717) is 13.1 Å². The minimum Gasteiger partial charge on any atom is -0.354 e. The van der Waals surface area contributed by atoms with Crippen LogP contribution in [-0.4, -0.2) is 37.0 Å². The van der Waals surface area contributed by atoms with Gasteiger partial charge in [-0.3, -0.25) is 9.69 Å². The van der Waals surface area contributed by atoms with Crippen molar-refractivity contribution in [3.8, 4) is 11.8 Å². The lowest BCUT2D eigenvalue weighted by molar-refractivity contribution is -0.124. The first kappa shape index (κ1) is 12.6. The molecule has 3 N–H and O–H groups in total. The van der Waals surface area contributed by atoms with E-state index in [1.54, 1.807) is 0 Å². The molecule has 0 bridgehead atoms. The van der Waals surface area contributed by atoms with Gasteiger partial charge in [0.2, 0.25) is 5.91 Å². The lowest BCUT2D eigenvalue weighted by Crippen LogP contribution is -2.47. The number of benzene rings is 1. The lowest BCUT2D eigenvalue weighted by atomic mass is 10.1. The summed E-state index contributed by atoms with van der Waals surface area (Å²) in [5.41, 5.74) is 7.50. The summed E-state index contributed by atoms with van der Waals surface area (Å²) in [6.07, 6.45) is 0. The molecule has 1 amide bonds. The van der Waals surface area contributed by atoms with E-state index >= 15 is 0 Å². The largest absolute Gasteiger partial charge is 0.354 e. The van der Waals surface area contributed by atoms with Gasteiger partial charge in [0.05, 0.1) is 13.1 Å². The molecule has 18 heavy (non-hydrogen) atoms. The van der Waals surface area contributed by atoms with Crippen LogP contribution in [0.2, 0.25) is 0 Å². The molecule has 4 heteroatoms. The number of rotatable bonds is 2. The van der Waals surface area contributed by atoms with Crippen LogP contribution in [0.4, 0.5) is 0 Å². The number of nitrogens with zero attached hydrogens (tertiary/aromatic N) is 1. The fraction of sp³-hybridized carbons (Fsp3) is 0.357. The Hall–Kier alpha value is -1.83. The van der Waals surface area contributed by atoms with Crippen LogP contribution in [0.25, 0.3) is 0 Å². The molecule has 1 saturated heterocycles. The second-order valence-electron chi connectivity index (χ2n) is 4.27. The molecule has 0 unspecified atom stereocenters. The van der Waals surface area contributed by atoms with Crippen LogP contribution in [0.5, 0.6) is 0 Å². The molecule has 2 rings (SSSR count). The highest BCUT2D eigenvalue weighted by Crippen LogP contribution is 2.08. The van der Waals surface area contributed by atoms with Crippen molar-refractivity contribution in [3.63, 3.8) is 0 Å². The Kier molecular flexibility index (Phi) is 4.35. The highest BCUT2D eigenvalue weighted by Gasteiger charge is 2.15. The van der Waals surface area contributed by atoms with Crippen LogP contribution < -0.4 is 11.1 Å². The van der Waals surface area contributed by atoms with Gasteiger partial charge in [-0.1, -0.05) is 24.0 Å². The molecule has 0 saturated carbocycles. The summed E-state index contributed by atoms with van der Waals surface area (Å²) in [5.74, 6) is 5.96. The highest BCUT2D eigenvalue weighted by atomic mass is 16.2. The summed E-state index contributed by atoms with van der Waals surface area (Å²) in [5, 5.41) is 2.82. The summed E-state index contributed by atoms with van der Waals surface area (Å²) >= 11 is 0. The number of carbonyl (C=O) groups excluding carboxylic acids is 1. The van der Waals surface area contributed by atoms with Crippen molar-refractivity contribution >= 4 is 5.91 Å². The van der Waals surface area contributed by atoms with Gasteiger partial charge >= 0.3 is 0 Å². The molecule has 94 valence electrons. The maximum absolute atomic E-state index is 11.3. The van der Waals surface area contributed by atoms with E-state index in [2.05, 4.69) is 34.2 Å². The predicted molar refractivity (Wildman–Crippen MR) is 70.7 cm³/mol. The molecule has 1 heterocycles. The predicted octanol–water partition coefficient (Wildman–Crippen LogP) is -0.0714. The van der Waals surface area contributed by atoms with Crippen molar-refractivity contribution in [1.82, 2.24) is 10.2 Å². The van der Waals surface area contributed by atoms with E-state index in [1.165, 1.54) is 5.56 Å². The van der Waals surface area contributed by atoms with E-state index in [0.717, 1.165) is 25.2 Å². The first-order valence-corrected chi connectivity index (χ1v) is 6.05. The van der Waals surface area contributed by atoms with Gasteiger partial charge < -0.3 is 11.1 Å². The third kappa shape index (κ3) is 3.59. The second kappa shape index (κ2) is 6.20. The number of hydrogen-bond donors (Lipinski definition) is 2. The van der Waals surface area contributed by atoms with Gasteiger partial charge in [0, 0.05) is 25.2 Å². The van der Waals surface area contributed by atoms with Gasteiger partial charge in [0.25, 0.3) is 0 Å². The molecular weight excluding hydrogens is 226 g/mol. The zero-order valence-electron chi connectivity index (χ0n) is 10.3. The average molecular weight is 243 g/mol. The van der Waals surface area contributed by atoms with Gasteiger partial charge in [-0.25, -0.2) is 0 Å². The minimum atomic E-state index is 0.0975. The quantitative estimate of drug-likeness (QED) is 0.715. The smallest absolute Gasteiger partial charge is 0.234 e. The number of piperazine rings is 1. The summed E-state index contributed by atoms with van der Waals surface area (Å²) in [6.45, 7) is 3.25. The van der Waals surface area contributed by atoms with Crippen molar-refractivity contribution in [3.05, 3.63) is 35.4 Å². The number of nitrogens with two attached hydrogens (primary N) is 1. The first-order valence-electron chi connectivity index (χ1n) is 6.05. The molecule has 1 aromatic carbocycles. The normalized spacial score (nSPS) is 15.7. The van der Waals surface area contributed by atoms with Crippen molar-refractivity contribution in [1.29, 1.82) is 0 Å². The monoisotopic (exact) mass is 243 g/mol. The van der Waals surface area contributed by atoms with Gasteiger partial charge in [-0.2, -0.15) is 0 Å². The Bertz CT molecular complexity index is 487. The third-order valence-corrected chi connectivity index (χ3v) is 2.79. The molecule has 0 atom stereocenters. The SMILES string of the molecule is NCC#Cc1cccc(CN2CCNC(=O)C2)c1. The molecule has 1 aliphatic rings. The first-order chi connectivity index (χ1) is 8.78. The maximum atomic E-state index is 11.3. The maximum Gasteiger partial charge on any atom is 0.234 e. The minimum absolute atomic E-state index is 0.0975. The van der Waals surface area contributed by atoms with Gasteiger partial charge in [0.15, 0.2) is 0 Å². The molecule has 1 aromatic rings. The summed E-state index contributed by atoms with van der Waals surface area (Å²) in [4.78, 5) is 13.4. The zero-order chi connectivity index (χ0) is 12.8. The van der Waals surface area contributed by atoms with Crippen molar-refractivity contribution in [2.45, 2.75) is 6.54 Å². The van der Waals surface area contributed by atoms with Crippen LogP contribution >= 0.6 is 0 Å². The number of amides is 1. The van der Waals surface area contributed by atoms with E-state index < -0.39 is 0 Å². The van der Waals surface area contributed by atoms with E-state index in [9.17, 15) is 4.79 Å². The summed E-state index contributed by atoms with van der Waals surface area (Å²) < 4.78 is 0. The Morgan fingerprint density at radius 1 is 1.44 bits per heavy atom. The lowest BCUT2D eigenvalue weighted by Gasteiger charge is -2.26. The number of nitrogens with one attached hydrogen (secondary N) is 1. The van der Waals surface area contributed by atoms with Gasteiger partial charge in [-0.15, -0.1) is 0 Å². The van der Waals surface area contributed by atoms with Crippen LogP contribution in [0, 0.1) is 11.8 Å². The number of carbonyl (C=O) groups is 1. The van der Waals surface area contributed by atoms with Crippen LogP contribution in [0.15, 0.2) is 24.3 Å². The Morgan fingerprint density at radius 3 is 3.11 bits per heavy atom. The fourth-order valence-electron chi connectivity index (χ4n) is 1.99. The average Bonchev–Trinajstić information content (AvgIpc) is 2.37. The van der Waals surface area contributed by atoms with E-state index in [4.69, 9.17) is 5.73 Å². The topological polar surface area (TPSA) is 58.4 Å². The summed E-state index contributed by atoms with van der Waals surface area (Å²) in [6, 6.07) is 8.06. The van der Waals surface area contributed by atoms with E-state index in [-0.39, 0.29) is 5.91 Å². The molecule has 4 nitrogen and oxygen atoms in total. The standard InChI is InChI=1S/C14H17N3O/c15-6-2-5-12-3-1-4-13(9-12)10-17-8-7-16-14(18)11-17/h1,3-4,9H,6-8,10-11,15H2,(H,16,18). The summed E-state index contributed by atoms with van der Waals surface area (Å²) in [7, 11) is 0. The van der Waals surface area contributed by atoms with Crippen molar-refractivity contribution in [2.75, 3.05) is 26.2 Å². The molecule has 0 radical (unpaired) electrons. The van der Waals surface area contributed by atoms with Gasteiger partial charge in [0.1, 0.15) is 0 Å². The van der Waals surface area contributed by atoms with Crippen LogP contribution in [-0.2, 0) is 11.3 Å². The van der Waals surface area contributed by atoms with Crippen LogP contribution in [0.3, 0.4) is 0 Å². The molecule has 0 aromatic heterocycles. The zero-order valence-corrected chi connectivity index (χ0v) is 10.3. The highest BCUT2D eigenvalue weighted by molar-refractivity contribution is 5.78. The third-order valence-electron chi connectivity index (χ3n) is 2.79. The molecule has 0 aliphatic carbocycles. The van der Waals surface area contributed by atoms with Crippen molar-refractivity contribution < 1.29 is 4.79 Å². The Morgan fingerprint density at radius 2 is 2.33 bits per heavy atom. The van der Waals surface area contributed by atoms with Crippen molar-refractivity contribution in [2.24, 2.45) is 5.73 Å². The molecular formula is C14H17N3O. The fourth-order valence-corrected chi connectivity index (χ4v) is 1.99. The Labute approximate surface area is 107 Å². The van der Waals surface area contributed by atoms with E-state index in [1.807, 2.05) is 12.1 Å². The Balaban J connectivity index is 2.02. The van der Waals surface area contributed by atoms with Gasteiger partial charge in [-0.05, 0) is 17.7 Å². The molecule has 0 spiro atoms.